The molecule has 10 heteroatoms. The van der Waals surface area contributed by atoms with Gasteiger partial charge in [0.1, 0.15) is 6.04 Å². The molecule has 1 aliphatic heterocycles. The molecule has 2 atom stereocenters. The number of carboxylic acids is 1. The lowest BCUT2D eigenvalue weighted by Gasteiger charge is -2.19. The summed E-state index contributed by atoms with van der Waals surface area (Å²) in [5.41, 5.74) is 0.328. The Labute approximate surface area is 150 Å². The van der Waals surface area contributed by atoms with Crippen LogP contribution >= 0.6 is 0 Å². The molecule has 2 amide bonds. The number of nitrogens with two attached hydrogens (primary N) is 1. The maximum absolute atomic E-state index is 12.4. The summed E-state index contributed by atoms with van der Waals surface area (Å²) in [6.45, 7) is 0.0513. The average molecular weight is 381 g/mol. The summed E-state index contributed by atoms with van der Waals surface area (Å²) < 4.78 is 22.9. The standard InChI is InChI=1S/C16H19N3O6S/c17-26(24,25)12-3-1-2-11(7-12)19-8-10(6-13(19)20)15(21)18-14(16(22)23)9-4-5-9/h1-3,7,9-10,14H,4-6,8H2,(H,18,21)(H,22,23)(H2,17,24,25). The number of primary sulfonamides is 1. The fourth-order valence-electron chi connectivity index (χ4n) is 3.04. The zero-order valence-corrected chi connectivity index (χ0v) is 14.6. The van der Waals surface area contributed by atoms with Gasteiger partial charge in [-0.15, -0.1) is 0 Å². The van der Waals surface area contributed by atoms with E-state index in [4.69, 9.17) is 5.14 Å². The highest BCUT2D eigenvalue weighted by atomic mass is 32.2. The van der Waals surface area contributed by atoms with E-state index in [0.29, 0.717) is 5.69 Å². The highest BCUT2D eigenvalue weighted by Gasteiger charge is 2.41. The van der Waals surface area contributed by atoms with E-state index >= 15 is 0 Å². The number of carbonyl (C=O) groups excluding carboxylic acids is 2. The molecule has 0 aromatic heterocycles. The maximum atomic E-state index is 12.4. The molecule has 140 valence electrons. The van der Waals surface area contributed by atoms with E-state index in [1.165, 1.54) is 23.1 Å². The molecule has 1 saturated carbocycles. The molecule has 0 spiro atoms. The zero-order chi connectivity index (χ0) is 19.1. The number of hydrogen-bond donors (Lipinski definition) is 3. The van der Waals surface area contributed by atoms with Crippen LogP contribution in [0.3, 0.4) is 0 Å². The number of benzene rings is 1. The normalized spacial score (nSPS) is 21.5. The fourth-order valence-corrected chi connectivity index (χ4v) is 3.60. The zero-order valence-electron chi connectivity index (χ0n) is 13.8. The van der Waals surface area contributed by atoms with Crippen LogP contribution in [-0.2, 0) is 24.4 Å². The Morgan fingerprint density at radius 1 is 1.31 bits per heavy atom. The van der Waals surface area contributed by atoms with Crippen LogP contribution in [0.5, 0.6) is 0 Å². The van der Waals surface area contributed by atoms with Crippen molar-refractivity contribution in [3.8, 4) is 0 Å². The fraction of sp³-hybridized carbons (Fsp3) is 0.438. The van der Waals surface area contributed by atoms with Crippen molar-refractivity contribution in [3.63, 3.8) is 0 Å². The number of amides is 2. The third-order valence-corrected chi connectivity index (χ3v) is 5.52. The predicted octanol–water partition coefficient (Wildman–Crippen LogP) is -0.334. The van der Waals surface area contributed by atoms with E-state index in [1.807, 2.05) is 0 Å². The van der Waals surface area contributed by atoms with E-state index in [2.05, 4.69) is 5.32 Å². The Morgan fingerprint density at radius 2 is 2.00 bits per heavy atom. The van der Waals surface area contributed by atoms with Crippen molar-refractivity contribution < 1.29 is 27.9 Å². The Kier molecular flexibility index (Phi) is 4.72. The molecular formula is C16H19N3O6S. The predicted molar refractivity (Wildman–Crippen MR) is 90.6 cm³/mol. The third kappa shape index (κ3) is 3.86. The highest BCUT2D eigenvalue weighted by Crippen LogP contribution is 2.33. The van der Waals surface area contributed by atoms with Crippen molar-refractivity contribution in [2.45, 2.75) is 30.2 Å². The Morgan fingerprint density at radius 3 is 2.58 bits per heavy atom. The number of aliphatic carboxylic acids is 1. The van der Waals surface area contributed by atoms with Crippen LogP contribution in [0.2, 0.25) is 0 Å². The second kappa shape index (κ2) is 6.69. The van der Waals surface area contributed by atoms with E-state index in [0.717, 1.165) is 12.8 Å². The number of rotatable bonds is 6. The molecule has 1 aliphatic carbocycles. The lowest BCUT2D eigenvalue weighted by atomic mass is 10.1. The molecule has 1 aromatic rings. The monoisotopic (exact) mass is 381 g/mol. The van der Waals surface area contributed by atoms with Crippen molar-refractivity contribution in [1.82, 2.24) is 5.32 Å². The van der Waals surface area contributed by atoms with E-state index in [9.17, 15) is 27.9 Å². The SMILES string of the molecule is NS(=O)(=O)c1cccc(N2CC(C(=O)NC(C(=O)O)C3CC3)CC2=O)c1. The minimum Gasteiger partial charge on any atom is -0.480 e. The van der Waals surface area contributed by atoms with Gasteiger partial charge in [-0.05, 0) is 37.0 Å². The van der Waals surface area contributed by atoms with Crippen molar-refractivity contribution >= 4 is 33.5 Å². The number of carboxylic acid groups (broad SMARTS) is 1. The summed E-state index contributed by atoms with van der Waals surface area (Å²) in [4.78, 5) is 37.1. The van der Waals surface area contributed by atoms with Gasteiger partial charge in [0, 0.05) is 18.7 Å². The van der Waals surface area contributed by atoms with Crippen LogP contribution < -0.4 is 15.4 Å². The Bertz CT molecular complexity index is 864. The molecule has 1 heterocycles. The first-order valence-electron chi connectivity index (χ1n) is 8.13. The second-order valence-corrected chi connectivity index (χ2v) is 8.17. The first-order chi connectivity index (χ1) is 12.2. The molecule has 26 heavy (non-hydrogen) atoms. The minimum atomic E-state index is -3.91. The first kappa shape index (κ1) is 18.3. The van der Waals surface area contributed by atoms with Crippen molar-refractivity contribution in [1.29, 1.82) is 0 Å². The number of carbonyl (C=O) groups is 3. The lowest BCUT2D eigenvalue weighted by molar-refractivity contribution is -0.143. The van der Waals surface area contributed by atoms with E-state index < -0.39 is 33.9 Å². The summed E-state index contributed by atoms with van der Waals surface area (Å²) in [6.07, 6.45) is 1.45. The van der Waals surface area contributed by atoms with Crippen LogP contribution in [-0.4, -0.2) is 43.9 Å². The molecule has 0 bridgehead atoms. The number of nitrogens with zero attached hydrogens (tertiary/aromatic N) is 1. The summed E-state index contributed by atoms with van der Waals surface area (Å²) in [5, 5.41) is 16.8. The molecule has 0 radical (unpaired) electrons. The second-order valence-electron chi connectivity index (χ2n) is 6.61. The average Bonchev–Trinajstić information content (AvgIpc) is 3.33. The van der Waals surface area contributed by atoms with Gasteiger partial charge in [-0.25, -0.2) is 18.4 Å². The topological polar surface area (TPSA) is 147 Å². The van der Waals surface area contributed by atoms with Crippen LogP contribution in [0.1, 0.15) is 19.3 Å². The smallest absolute Gasteiger partial charge is 0.326 e. The first-order valence-corrected chi connectivity index (χ1v) is 9.68. The minimum absolute atomic E-state index is 0.0513. The summed E-state index contributed by atoms with van der Waals surface area (Å²) in [6, 6.07) is 4.67. The van der Waals surface area contributed by atoms with Crippen molar-refractivity contribution in [2.24, 2.45) is 17.0 Å². The molecule has 1 aromatic carbocycles. The van der Waals surface area contributed by atoms with Crippen molar-refractivity contribution in [3.05, 3.63) is 24.3 Å². The molecule has 3 rings (SSSR count). The van der Waals surface area contributed by atoms with Gasteiger partial charge >= 0.3 is 5.97 Å². The van der Waals surface area contributed by atoms with Crippen LogP contribution in [0.15, 0.2) is 29.2 Å². The van der Waals surface area contributed by atoms with Gasteiger partial charge in [-0.1, -0.05) is 6.07 Å². The largest absolute Gasteiger partial charge is 0.480 e. The van der Waals surface area contributed by atoms with Gasteiger partial charge in [0.15, 0.2) is 0 Å². The summed E-state index contributed by atoms with van der Waals surface area (Å²) in [5.74, 6) is -2.65. The Hall–Kier alpha value is -2.46. The van der Waals surface area contributed by atoms with Gasteiger partial charge in [0.05, 0.1) is 10.8 Å². The number of nitrogens with one attached hydrogen (secondary N) is 1. The number of anilines is 1. The number of sulfonamides is 1. The molecule has 2 fully saturated rings. The quantitative estimate of drug-likeness (QED) is 0.614. The van der Waals surface area contributed by atoms with Gasteiger partial charge < -0.3 is 15.3 Å². The highest BCUT2D eigenvalue weighted by molar-refractivity contribution is 7.89. The van der Waals surface area contributed by atoms with Crippen LogP contribution in [0.4, 0.5) is 5.69 Å². The van der Waals surface area contributed by atoms with Gasteiger partial charge in [-0.3, -0.25) is 9.59 Å². The summed E-state index contributed by atoms with van der Waals surface area (Å²) >= 11 is 0. The van der Waals surface area contributed by atoms with E-state index in [1.54, 1.807) is 6.07 Å². The molecule has 1 saturated heterocycles. The van der Waals surface area contributed by atoms with Crippen LogP contribution in [0.25, 0.3) is 0 Å². The number of hydrogen-bond acceptors (Lipinski definition) is 5. The van der Waals surface area contributed by atoms with E-state index in [-0.39, 0.29) is 29.7 Å². The van der Waals surface area contributed by atoms with Crippen molar-refractivity contribution in [2.75, 3.05) is 11.4 Å². The lowest BCUT2D eigenvalue weighted by Crippen LogP contribution is -2.45. The molecule has 2 aliphatic rings. The molecule has 9 nitrogen and oxygen atoms in total. The summed E-state index contributed by atoms with van der Waals surface area (Å²) in [7, 11) is -3.91. The van der Waals surface area contributed by atoms with Gasteiger partial charge in [-0.2, -0.15) is 0 Å². The Balaban J connectivity index is 1.72. The third-order valence-electron chi connectivity index (χ3n) is 4.61. The molecular weight excluding hydrogens is 362 g/mol. The molecule has 4 N–H and O–H groups in total. The molecule has 2 unspecified atom stereocenters. The van der Waals surface area contributed by atoms with Gasteiger partial charge in [0.25, 0.3) is 0 Å². The van der Waals surface area contributed by atoms with Crippen LogP contribution in [0, 0.1) is 11.8 Å². The maximum Gasteiger partial charge on any atom is 0.326 e. The van der Waals surface area contributed by atoms with Gasteiger partial charge in [0.2, 0.25) is 21.8 Å².